The minimum absolute atomic E-state index is 0.371. The Kier molecular flexibility index (Phi) is 3.87. The zero-order valence-electron chi connectivity index (χ0n) is 10.2. The first kappa shape index (κ1) is 12.1. The van der Waals surface area contributed by atoms with Crippen LogP contribution in [-0.2, 0) is 6.54 Å². The van der Waals surface area contributed by atoms with Crippen LogP contribution in [0.4, 0.5) is 5.82 Å². The lowest BCUT2D eigenvalue weighted by atomic mass is 10.2. The van der Waals surface area contributed by atoms with E-state index < -0.39 is 0 Å². The number of aromatic nitrogens is 2. The molecule has 2 aromatic rings. The molecule has 1 aromatic carbocycles. The van der Waals surface area contributed by atoms with Crippen molar-refractivity contribution < 1.29 is 0 Å². The predicted molar refractivity (Wildman–Crippen MR) is 69.9 cm³/mol. The number of nitrogens with zero attached hydrogens (tertiary/aromatic N) is 4. The molecular formula is C14H14N4. The molecule has 1 aromatic heterocycles. The first-order valence-electron chi connectivity index (χ1n) is 5.85. The fourth-order valence-corrected chi connectivity index (χ4v) is 1.78. The highest BCUT2D eigenvalue weighted by atomic mass is 15.2. The quantitative estimate of drug-likeness (QED) is 0.820. The molecule has 90 valence electrons. The Balaban J connectivity index is 2.27. The summed E-state index contributed by atoms with van der Waals surface area (Å²) in [5, 5.41) is 9.05. The first-order valence-corrected chi connectivity index (χ1v) is 5.85. The highest BCUT2D eigenvalue weighted by molar-refractivity contribution is 5.49. The van der Waals surface area contributed by atoms with Crippen LogP contribution in [0.3, 0.4) is 0 Å². The van der Waals surface area contributed by atoms with Gasteiger partial charge in [0.1, 0.15) is 6.07 Å². The van der Waals surface area contributed by atoms with E-state index in [4.69, 9.17) is 5.26 Å². The van der Waals surface area contributed by atoms with Gasteiger partial charge in [-0.25, -0.2) is 9.97 Å². The van der Waals surface area contributed by atoms with Crippen molar-refractivity contribution in [1.29, 1.82) is 5.26 Å². The summed E-state index contributed by atoms with van der Waals surface area (Å²) in [6.45, 7) is 3.55. The summed E-state index contributed by atoms with van der Waals surface area (Å²) in [6.07, 6.45) is 3.15. The molecule has 0 N–H and O–H groups in total. The Morgan fingerprint density at radius 2 is 1.89 bits per heavy atom. The fourth-order valence-electron chi connectivity index (χ4n) is 1.78. The average molecular weight is 238 g/mol. The Labute approximate surface area is 107 Å². The maximum absolute atomic E-state index is 9.05. The second-order valence-electron chi connectivity index (χ2n) is 3.84. The van der Waals surface area contributed by atoms with Gasteiger partial charge in [0.15, 0.2) is 11.5 Å². The van der Waals surface area contributed by atoms with Gasteiger partial charge in [-0.2, -0.15) is 5.26 Å². The summed E-state index contributed by atoms with van der Waals surface area (Å²) in [4.78, 5) is 10.3. The maximum atomic E-state index is 9.05. The molecule has 0 radical (unpaired) electrons. The van der Waals surface area contributed by atoms with E-state index in [1.54, 1.807) is 12.4 Å². The molecule has 0 bridgehead atoms. The van der Waals surface area contributed by atoms with Crippen LogP contribution in [0.5, 0.6) is 0 Å². The molecule has 18 heavy (non-hydrogen) atoms. The number of rotatable bonds is 4. The van der Waals surface area contributed by atoms with Crippen LogP contribution in [0.1, 0.15) is 18.2 Å². The molecule has 1 heterocycles. The second kappa shape index (κ2) is 5.78. The Morgan fingerprint density at radius 3 is 2.56 bits per heavy atom. The van der Waals surface area contributed by atoms with Gasteiger partial charge >= 0.3 is 0 Å². The van der Waals surface area contributed by atoms with Crippen LogP contribution < -0.4 is 4.90 Å². The van der Waals surface area contributed by atoms with Crippen molar-refractivity contribution in [3.63, 3.8) is 0 Å². The standard InChI is InChI=1S/C14H14N4/c1-2-18(11-12-6-4-3-5-7-12)14-13(10-15)16-8-9-17-14/h3-9H,2,11H2,1H3. The molecule has 0 aliphatic carbocycles. The van der Waals surface area contributed by atoms with Crippen molar-refractivity contribution in [2.24, 2.45) is 0 Å². The van der Waals surface area contributed by atoms with E-state index >= 15 is 0 Å². The third-order valence-corrected chi connectivity index (χ3v) is 2.68. The number of anilines is 1. The van der Waals surface area contributed by atoms with Crippen molar-refractivity contribution in [3.8, 4) is 6.07 Å². The molecule has 4 heteroatoms. The minimum Gasteiger partial charge on any atom is -0.350 e. The molecule has 2 rings (SSSR count). The van der Waals surface area contributed by atoms with Crippen LogP contribution in [0.2, 0.25) is 0 Å². The van der Waals surface area contributed by atoms with Crippen molar-refractivity contribution in [2.45, 2.75) is 13.5 Å². The van der Waals surface area contributed by atoms with Gasteiger partial charge in [-0.3, -0.25) is 0 Å². The van der Waals surface area contributed by atoms with Crippen molar-refractivity contribution in [1.82, 2.24) is 9.97 Å². The number of hydrogen-bond donors (Lipinski definition) is 0. The van der Waals surface area contributed by atoms with E-state index in [2.05, 4.69) is 28.2 Å². The van der Waals surface area contributed by atoms with E-state index in [0.717, 1.165) is 13.1 Å². The summed E-state index contributed by atoms with van der Waals surface area (Å²) in [6, 6.07) is 12.2. The van der Waals surface area contributed by atoms with Crippen LogP contribution in [0.25, 0.3) is 0 Å². The fraction of sp³-hybridized carbons (Fsp3) is 0.214. The molecule has 0 unspecified atom stereocenters. The van der Waals surface area contributed by atoms with Gasteiger partial charge in [-0.15, -0.1) is 0 Å². The summed E-state index contributed by atoms with van der Waals surface area (Å²) in [5.41, 5.74) is 1.56. The molecule has 0 saturated carbocycles. The number of hydrogen-bond acceptors (Lipinski definition) is 4. The van der Waals surface area contributed by atoms with E-state index in [0.29, 0.717) is 11.5 Å². The van der Waals surface area contributed by atoms with Gasteiger partial charge in [0, 0.05) is 25.5 Å². The normalized spacial score (nSPS) is 9.78. The molecule has 0 amide bonds. The smallest absolute Gasteiger partial charge is 0.183 e. The predicted octanol–water partition coefficient (Wildman–Crippen LogP) is 2.37. The zero-order valence-corrected chi connectivity index (χ0v) is 10.2. The molecule has 0 fully saturated rings. The SMILES string of the molecule is CCN(Cc1ccccc1)c1nccnc1C#N. The van der Waals surface area contributed by atoms with Crippen LogP contribution in [-0.4, -0.2) is 16.5 Å². The largest absolute Gasteiger partial charge is 0.350 e. The van der Waals surface area contributed by atoms with Crippen molar-refractivity contribution >= 4 is 5.82 Å². The average Bonchev–Trinajstić information content (AvgIpc) is 2.46. The lowest BCUT2D eigenvalue weighted by Gasteiger charge is -2.22. The van der Waals surface area contributed by atoms with Crippen LogP contribution in [0, 0.1) is 11.3 Å². The second-order valence-corrected chi connectivity index (χ2v) is 3.84. The molecular weight excluding hydrogens is 224 g/mol. The summed E-state index contributed by atoms with van der Waals surface area (Å²) >= 11 is 0. The van der Waals surface area contributed by atoms with E-state index in [9.17, 15) is 0 Å². The zero-order chi connectivity index (χ0) is 12.8. The molecule has 0 aliphatic rings. The molecule has 0 spiro atoms. The molecule has 4 nitrogen and oxygen atoms in total. The highest BCUT2D eigenvalue weighted by Crippen LogP contribution is 2.16. The van der Waals surface area contributed by atoms with E-state index in [1.807, 2.05) is 30.0 Å². The van der Waals surface area contributed by atoms with Gasteiger partial charge in [0.25, 0.3) is 0 Å². The molecule has 0 saturated heterocycles. The third-order valence-electron chi connectivity index (χ3n) is 2.68. The van der Waals surface area contributed by atoms with E-state index in [-0.39, 0.29) is 0 Å². The summed E-state index contributed by atoms with van der Waals surface area (Å²) in [5.74, 6) is 0.645. The monoisotopic (exact) mass is 238 g/mol. The topological polar surface area (TPSA) is 52.8 Å². The first-order chi connectivity index (χ1) is 8.85. The lowest BCUT2D eigenvalue weighted by molar-refractivity contribution is 0.806. The van der Waals surface area contributed by atoms with Crippen molar-refractivity contribution in [2.75, 3.05) is 11.4 Å². The van der Waals surface area contributed by atoms with Crippen LogP contribution >= 0.6 is 0 Å². The Hall–Kier alpha value is -2.41. The number of benzene rings is 1. The summed E-state index contributed by atoms with van der Waals surface area (Å²) < 4.78 is 0. The van der Waals surface area contributed by atoms with E-state index in [1.165, 1.54) is 5.56 Å². The van der Waals surface area contributed by atoms with Gasteiger partial charge in [-0.05, 0) is 12.5 Å². The van der Waals surface area contributed by atoms with Crippen LogP contribution in [0.15, 0.2) is 42.7 Å². The van der Waals surface area contributed by atoms with Gasteiger partial charge < -0.3 is 4.90 Å². The molecule has 0 aliphatic heterocycles. The maximum Gasteiger partial charge on any atom is 0.183 e. The lowest BCUT2D eigenvalue weighted by Crippen LogP contribution is -2.24. The van der Waals surface area contributed by atoms with Crippen molar-refractivity contribution in [3.05, 3.63) is 54.0 Å². The third kappa shape index (κ3) is 2.64. The van der Waals surface area contributed by atoms with Gasteiger partial charge in [0.05, 0.1) is 0 Å². The van der Waals surface area contributed by atoms with Gasteiger partial charge in [0.2, 0.25) is 0 Å². The Morgan fingerprint density at radius 1 is 1.17 bits per heavy atom. The number of nitriles is 1. The Bertz CT molecular complexity index is 545. The molecule has 0 atom stereocenters. The minimum atomic E-state index is 0.371. The summed E-state index contributed by atoms with van der Waals surface area (Å²) in [7, 11) is 0. The van der Waals surface area contributed by atoms with Gasteiger partial charge in [-0.1, -0.05) is 30.3 Å². The highest BCUT2D eigenvalue weighted by Gasteiger charge is 2.12.